The molecule has 90 valence electrons. The molecular formula is C14H16BrNS. The molecule has 0 saturated carbocycles. The number of benzene rings is 1. The second kappa shape index (κ2) is 5.09. The van der Waals surface area contributed by atoms with Crippen LogP contribution in [0.15, 0.2) is 28.1 Å². The van der Waals surface area contributed by atoms with Gasteiger partial charge >= 0.3 is 0 Å². The van der Waals surface area contributed by atoms with Gasteiger partial charge in [-0.25, -0.2) is 0 Å². The molecule has 1 fully saturated rings. The summed E-state index contributed by atoms with van der Waals surface area (Å²) in [5.74, 6) is 0. The van der Waals surface area contributed by atoms with Crippen LogP contribution >= 0.6 is 27.3 Å². The van der Waals surface area contributed by atoms with Crippen molar-refractivity contribution in [2.24, 2.45) is 0 Å². The smallest absolute Gasteiger partial charge is 0.0357 e. The van der Waals surface area contributed by atoms with Crippen LogP contribution in [0.3, 0.4) is 0 Å². The zero-order valence-corrected chi connectivity index (χ0v) is 12.2. The van der Waals surface area contributed by atoms with Gasteiger partial charge in [-0.15, -0.1) is 11.3 Å². The second-order valence-corrected chi connectivity index (χ2v) is 6.57. The van der Waals surface area contributed by atoms with Crippen LogP contribution in [0.1, 0.15) is 24.8 Å². The molecule has 3 rings (SSSR count). The number of fused-ring (bicyclic) bond motifs is 1. The lowest BCUT2D eigenvalue weighted by Crippen LogP contribution is -2.28. The van der Waals surface area contributed by atoms with E-state index in [1.54, 1.807) is 0 Å². The first-order valence-electron chi connectivity index (χ1n) is 6.21. The lowest BCUT2D eigenvalue weighted by atomic mass is 10.1. The zero-order valence-electron chi connectivity index (χ0n) is 9.79. The number of thiophene rings is 1. The molecule has 17 heavy (non-hydrogen) atoms. The fourth-order valence-electron chi connectivity index (χ4n) is 2.54. The van der Waals surface area contributed by atoms with Gasteiger partial charge < -0.3 is 0 Å². The third-order valence-electron chi connectivity index (χ3n) is 3.46. The molecule has 0 N–H and O–H groups in total. The van der Waals surface area contributed by atoms with E-state index in [0.717, 1.165) is 6.54 Å². The Hall–Kier alpha value is -0.380. The van der Waals surface area contributed by atoms with Crippen molar-refractivity contribution in [1.82, 2.24) is 4.90 Å². The van der Waals surface area contributed by atoms with Crippen LogP contribution in [0.25, 0.3) is 10.1 Å². The van der Waals surface area contributed by atoms with Crippen LogP contribution < -0.4 is 0 Å². The van der Waals surface area contributed by atoms with Crippen molar-refractivity contribution >= 4 is 37.4 Å². The Morgan fingerprint density at radius 1 is 1.18 bits per heavy atom. The molecule has 0 spiro atoms. The molecule has 0 bridgehead atoms. The van der Waals surface area contributed by atoms with E-state index in [0.29, 0.717) is 0 Å². The van der Waals surface area contributed by atoms with Crippen molar-refractivity contribution in [1.29, 1.82) is 0 Å². The van der Waals surface area contributed by atoms with E-state index in [-0.39, 0.29) is 0 Å². The third kappa shape index (κ3) is 2.56. The normalized spacial score (nSPS) is 17.7. The van der Waals surface area contributed by atoms with Crippen molar-refractivity contribution in [2.45, 2.75) is 25.8 Å². The molecule has 2 aromatic rings. The molecule has 0 atom stereocenters. The standard InChI is InChI=1S/C14H16BrNS/c15-12-4-5-13-11(10-17-14(13)8-12)9-16-6-2-1-3-7-16/h4-5,8,10H,1-3,6-7,9H2. The van der Waals surface area contributed by atoms with Gasteiger partial charge in [0.15, 0.2) is 0 Å². The Kier molecular flexibility index (Phi) is 3.50. The topological polar surface area (TPSA) is 3.24 Å². The summed E-state index contributed by atoms with van der Waals surface area (Å²) in [4.78, 5) is 2.59. The summed E-state index contributed by atoms with van der Waals surface area (Å²) in [5.41, 5.74) is 1.50. The molecule has 0 unspecified atom stereocenters. The molecule has 1 aromatic heterocycles. The number of hydrogen-bond donors (Lipinski definition) is 0. The molecule has 1 aliphatic rings. The first-order valence-corrected chi connectivity index (χ1v) is 7.88. The maximum atomic E-state index is 3.54. The summed E-state index contributed by atoms with van der Waals surface area (Å²) in [5, 5.41) is 3.76. The van der Waals surface area contributed by atoms with E-state index in [1.807, 2.05) is 11.3 Å². The number of piperidine rings is 1. The highest BCUT2D eigenvalue weighted by Crippen LogP contribution is 2.30. The summed E-state index contributed by atoms with van der Waals surface area (Å²) in [6.45, 7) is 3.67. The fraction of sp³-hybridized carbons (Fsp3) is 0.429. The highest BCUT2D eigenvalue weighted by Gasteiger charge is 2.12. The Bertz CT molecular complexity index is 514. The highest BCUT2D eigenvalue weighted by atomic mass is 79.9. The third-order valence-corrected chi connectivity index (χ3v) is 4.95. The maximum absolute atomic E-state index is 3.54. The first kappa shape index (κ1) is 11.7. The average molecular weight is 310 g/mol. The van der Waals surface area contributed by atoms with Gasteiger partial charge in [0, 0.05) is 15.7 Å². The van der Waals surface area contributed by atoms with Gasteiger partial charge in [0.2, 0.25) is 0 Å². The molecule has 1 aromatic carbocycles. The molecule has 1 saturated heterocycles. The van der Waals surface area contributed by atoms with Crippen molar-refractivity contribution in [3.8, 4) is 0 Å². The van der Waals surface area contributed by atoms with E-state index in [1.165, 1.54) is 52.5 Å². The Morgan fingerprint density at radius 3 is 2.82 bits per heavy atom. The molecular weight excluding hydrogens is 294 g/mol. The van der Waals surface area contributed by atoms with Crippen LogP contribution in [0.2, 0.25) is 0 Å². The number of halogens is 1. The Labute approximate surface area is 115 Å². The van der Waals surface area contributed by atoms with Gasteiger partial charge in [-0.3, -0.25) is 4.90 Å². The number of likely N-dealkylation sites (tertiary alicyclic amines) is 1. The van der Waals surface area contributed by atoms with E-state index < -0.39 is 0 Å². The lowest BCUT2D eigenvalue weighted by molar-refractivity contribution is 0.222. The SMILES string of the molecule is Brc1ccc2c(CN3CCCCC3)csc2c1. The van der Waals surface area contributed by atoms with Crippen LogP contribution in [0, 0.1) is 0 Å². The summed E-state index contributed by atoms with van der Waals surface area (Å²) in [6, 6.07) is 6.61. The van der Waals surface area contributed by atoms with E-state index >= 15 is 0 Å². The van der Waals surface area contributed by atoms with Gasteiger partial charge in [0.1, 0.15) is 0 Å². The lowest BCUT2D eigenvalue weighted by Gasteiger charge is -2.26. The van der Waals surface area contributed by atoms with Crippen LogP contribution in [0.4, 0.5) is 0 Å². The van der Waals surface area contributed by atoms with Crippen molar-refractivity contribution in [3.05, 3.63) is 33.6 Å². The largest absolute Gasteiger partial charge is 0.299 e. The molecule has 2 heterocycles. The quantitative estimate of drug-likeness (QED) is 0.780. The Balaban J connectivity index is 1.84. The van der Waals surface area contributed by atoms with E-state index in [4.69, 9.17) is 0 Å². The van der Waals surface area contributed by atoms with Crippen molar-refractivity contribution < 1.29 is 0 Å². The number of hydrogen-bond acceptors (Lipinski definition) is 2. The van der Waals surface area contributed by atoms with Crippen molar-refractivity contribution in [3.63, 3.8) is 0 Å². The van der Waals surface area contributed by atoms with Gasteiger partial charge in [-0.1, -0.05) is 28.4 Å². The highest BCUT2D eigenvalue weighted by molar-refractivity contribution is 9.10. The molecule has 1 nitrogen and oxygen atoms in total. The summed E-state index contributed by atoms with van der Waals surface area (Å²) >= 11 is 5.40. The minimum absolute atomic E-state index is 1.13. The molecule has 3 heteroatoms. The van der Waals surface area contributed by atoms with E-state index in [2.05, 4.69) is 44.4 Å². The van der Waals surface area contributed by atoms with Gasteiger partial charge in [0.05, 0.1) is 0 Å². The van der Waals surface area contributed by atoms with Gasteiger partial charge in [0.25, 0.3) is 0 Å². The number of rotatable bonds is 2. The molecule has 0 radical (unpaired) electrons. The monoisotopic (exact) mass is 309 g/mol. The summed E-state index contributed by atoms with van der Waals surface area (Å²) in [7, 11) is 0. The predicted octanol–water partition coefficient (Wildman–Crippen LogP) is 4.65. The maximum Gasteiger partial charge on any atom is 0.0357 e. The minimum atomic E-state index is 1.13. The van der Waals surface area contributed by atoms with Crippen LogP contribution in [0.5, 0.6) is 0 Å². The number of nitrogens with zero attached hydrogens (tertiary/aromatic N) is 1. The average Bonchev–Trinajstić information content (AvgIpc) is 2.73. The van der Waals surface area contributed by atoms with Crippen LogP contribution in [-0.4, -0.2) is 18.0 Å². The van der Waals surface area contributed by atoms with Gasteiger partial charge in [-0.2, -0.15) is 0 Å². The molecule has 1 aliphatic heterocycles. The molecule has 0 aliphatic carbocycles. The van der Waals surface area contributed by atoms with E-state index in [9.17, 15) is 0 Å². The molecule has 0 amide bonds. The van der Waals surface area contributed by atoms with Gasteiger partial charge in [-0.05, 0) is 54.4 Å². The predicted molar refractivity (Wildman–Crippen MR) is 78.7 cm³/mol. The summed E-state index contributed by atoms with van der Waals surface area (Å²) in [6.07, 6.45) is 4.15. The van der Waals surface area contributed by atoms with Crippen LogP contribution in [-0.2, 0) is 6.54 Å². The summed E-state index contributed by atoms with van der Waals surface area (Å²) < 4.78 is 2.57. The second-order valence-electron chi connectivity index (χ2n) is 4.74. The minimum Gasteiger partial charge on any atom is -0.299 e. The zero-order chi connectivity index (χ0) is 11.7. The van der Waals surface area contributed by atoms with Crippen molar-refractivity contribution in [2.75, 3.05) is 13.1 Å². The fourth-order valence-corrected chi connectivity index (χ4v) is 4.04. The first-order chi connectivity index (χ1) is 8.33. The Morgan fingerprint density at radius 2 is 2.00 bits per heavy atom.